The predicted octanol–water partition coefficient (Wildman–Crippen LogP) is 1.93. The van der Waals surface area contributed by atoms with Gasteiger partial charge in [-0.3, -0.25) is 4.79 Å². The number of amides is 1. The summed E-state index contributed by atoms with van der Waals surface area (Å²) in [6, 6.07) is 3.86. The Hall–Kier alpha value is -1.62. The number of nitrogens with zero attached hydrogens (tertiary/aromatic N) is 3. The van der Waals surface area contributed by atoms with E-state index >= 15 is 0 Å². The summed E-state index contributed by atoms with van der Waals surface area (Å²) in [5.41, 5.74) is 0.703. The standard InChI is InChI=1S/C16H23N3O2/c20-16(19-7-3-1-2-4-8-19)14-5-6-15(17-13-14)18-9-11-21-12-10-18/h5-6,13H,1-4,7-12H2. The minimum atomic E-state index is 0.123. The molecular weight excluding hydrogens is 266 g/mol. The number of hydrogen-bond acceptors (Lipinski definition) is 4. The third-order valence-electron chi connectivity index (χ3n) is 4.22. The Balaban J connectivity index is 1.66. The van der Waals surface area contributed by atoms with E-state index in [-0.39, 0.29) is 5.91 Å². The first kappa shape index (κ1) is 14.3. The third kappa shape index (κ3) is 3.53. The van der Waals surface area contributed by atoms with E-state index in [1.54, 1.807) is 6.20 Å². The molecule has 0 unspecified atom stereocenters. The lowest BCUT2D eigenvalue weighted by Crippen LogP contribution is -2.37. The van der Waals surface area contributed by atoms with Crippen LogP contribution < -0.4 is 4.90 Å². The summed E-state index contributed by atoms with van der Waals surface area (Å²) in [7, 11) is 0. The number of carbonyl (C=O) groups excluding carboxylic acids is 1. The molecule has 1 aromatic heterocycles. The number of hydrogen-bond donors (Lipinski definition) is 0. The first-order valence-corrected chi connectivity index (χ1v) is 7.92. The van der Waals surface area contributed by atoms with Crippen molar-refractivity contribution in [2.24, 2.45) is 0 Å². The summed E-state index contributed by atoms with van der Waals surface area (Å²) in [6.07, 6.45) is 6.42. The van der Waals surface area contributed by atoms with Crippen LogP contribution in [0.4, 0.5) is 5.82 Å². The van der Waals surface area contributed by atoms with Gasteiger partial charge in [0.05, 0.1) is 18.8 Å². The second-order valence-electron chi connectivity index (χ2n) is 5.71. The number of aromatic nitrogens is 1. The lowest BCUT2D eigenvalue weighted by Gasteiger charge is -2.28. The summed E-state index contributed by atoms with van der Waals surface area (Å²) < 4.78 is 5.34. The molecule has 5 heteroatoms. The minimum Gasteiger partial charge on any atom is -0.378 e. The van der Waals surface area contributed by atoms with Gasteiger partial charge in [-0.25, -0.2) is 4.98 Å². The van der Waals surface area contributed by atoms with Gasteiger partial charge in [0, 0.05) is 32.4 Å². The van der Waals surface area contributed by atoms with Crippen molar-refractivity contribution in [1.82, 2.24) is 9.88 Å². The van der Waals surface area contributed by atoms with Crippen LogP contribution in [0.3, 0.4) is 0 Å². The lowest BCUT2D eigenvalue weighted by atomic mass is 10.2. The highest BCUT2D eigenvalue weighted by Gasteiger charge is 2.18. The topological polar surface area (TPSA) is 45.7 Å². The zero-order valence-corrected chi connectivity index (χ0v) is 12.5. The molecule has 3 rings (SSSR count). The summed E-state index contributed by atoms with van der Waals surface area (Å²) in [6.45, 7) is 4.99. The average molecular weight is 289 g/mol. The van der Waals surface area contributed by atoms with Crippen LogP contribution in [0.15, 0.2) is 18.3 Å². The van der Waals surface area contributed by atoms with Crippen LogP contribution in [0.5, 0.6) is 0 Å². The summed E-state index contributed by atoms with van der Waals surface area (Å²) in [5, 5.41) is 0. The fraction of sp³-hybridized carbons (Fsp3) is 0.625. The fourth-order valence-corrected chi connectivity index (χ4v) is 2.95. The zero-order chi connectivity index (χ0) is 14.5. The fourth-order valence-electron chi connectivity index (χ4n) is 2.95. The third-order valence-corrected chi connectivity index (χ3v) is 4.22. The molecule has 0 spiro atoms. The molecule has 0 saturated carbocycles. The van der Waals surface area contributed by atoms with E-state index in [9.17, 15) is 4.79 Å². The monoisotopic (exact) mass is 289 g/mol. The number of morpholine rings is 1. The summed E-state index contributed by atoms with van der Waals surface area (Å²) in [5.74, 6) is 1.06. The molecule has 21 heavy (non-hydrogen) atoms. The average Bonchev–Trinajstić information content (AvgIpc) is 2.84. The van der Waals surface area contributed by atoms with Gasteiger partial charge in [-0.15, -0.1) is 0 Å². The van der Waals surface area contributed by atoms with Crippen molar-refractivity contribution in [2.75, 3.05) is 44.3 Å². The molecule has 0 radical (unpaired) electrons. The van der Waals surface area contributed by atoms with Crippen LogP contribution in [0.2, 0.25) is 0 Å². The van der Waals surface area contributed by atoms with Gasteiger partial charge in [0.2, 0.25) is 0 Å². The van der Waals surface area contributed by atoms with Crippen LogP contribution >= 0.6 is 0 Å². The number of ether oxygens (including phenoxy) is 1. The molecular formula is C16H23N3O2. The maximum atomic E-state index is 12.5. The van der Waals surface area contributed by atoms with E-state index in [1.807, 2.05) is 17.0 Å². The van der Waals surface area contributed by atoms with Crippen molar-refractivity contribution in [1.29, 1.82) is 0 Å². The molecule has 2 fully saturated rings. The summed E-state index contributed by atoms with van der Waals surface area (Å²) in [4.78, 5) is 21.1. The highest BCUT2D eigenvalue weighted by molar-refractivity contribution is 5.94. The number of likely N-dealkylation sites (tertiary alicyclic amines) is 1. The Kier molecular flexibility index (Phi) is 4.70. The molecule has 2 saturated heterocycles. The number of anilines is 1. The molecule has 3 heterocycles. The second-order valence-corrected chi connectivity index (χ2v) is 5.71. The van der Waals surface area contributed by atoms with E-state index in [2.05, 4.69) is 9.88 Å². The van der Waals surface area contributed by atoms with Gasteiger partial charge < -0.3 is 14.5 Å². The molecule has 0 aliphatic carbocycles. The van der Waals surface area contributed by atoms with Crippen molar-refractivity contribution in [3.63, 3.8) is 0 Å². The normalized spacial score (nSPS) is 20.2. The maximum absolute atomic E-state index is 12.5. The van der Waals surface area contributed by atoms with Crippen LogP contribution in [-0.4, -0.2) is 55.2 Å². The first-order chi connectivity index (χ1) is 10.3. The predicted molar refractivity (Wildman–Crippen MR) is 81.6 cm³/mol. The first-order valence-electron chi connectivity index (χ1n) is 7.92. The Morgan fingerprint density at radius 3 is 2.33 bits per heavy atom. The Labute approximate surface area is 125 Å². The largest absolute Gasteiger partial charge is 0.378 e. The van der Waals surface area contributed by atoms with Crippen molar-refractivity contribution in [2.45, 2.75) is 25.7 Å². The van der Waals surface area contributed by atoms with Gasteiger partial charge in [0.1, 0.15) is 5.82 Å². The Bertz CT molecular complexity index is 461. The minimum absolute atomic E-state index is 0.123. The van der Waals surface area contributed by atoms with Crippen molar-refractivity contribution >= 4 is 11.7 Å². The second kappa shape index (κ2) is 6.89. The van der Waals surface area contributed by atoms with Gasteiger partial charge in [-0.1, -0.05) is 12.8 Å². The lowest BCUT2D eigenvalue weighted by molar-refractivity contribution is 0.0761. The molecule has 2 aliphatic rings. The molecule has 0 bridgehead atoms. The zero-order valence-electron chi connectivity index (χ0n) is 12.5. The molecule has 1 amide bonds. The van der Waals surface area contributed by atoms with Crippen LogP contribution in [0.25, 0.3) is 0 Å². The van der Waals surface area contributed by atoms with E-state index in [0.717, 1.165) is 58.1 Å². The van der Waals surface area contributed by atoms with Gasteiger partial charge in [-0.2, -0.15) is 0 Å². The summed E-state index contributed by atoms with van der Waals surface area (Å²) >= 11 is 0. The van der Waals surface area contributed by atoms with Gasteiger partial charge in [0.25, 0.3) is 5.91 Å². The van der Waals surface area contributed by atoms with Crippen LogP contribution in [-0.2, 0) is 4.74 Å². The van der Waals surface area contributed by atoms with Crippen molar-refractivity contribution in [3.8, 4) is 0 Å². The highest BCUT2D eigenvalue weighted by atomic mass is 16.5. The molecule has 2 aliphatic heterocycles. The SMILES string of the molecule is O=C(c1ccc(N2CCOCC2)nc1)N1CCCCCC1. The molecule has 1 aromatic rings. The van der Waals surface area contributed by atoms with Gasteiger partial charge >= 0.3 is 0 Å². The molecule has 0 N–H and O–H groups in total. The van der Waals surface area contributed by atoms with E-state index in [4.69, 9.17) is 4.74 Å². The quantitative estimate of drug-likeness (QED) is 0.834. The van der Waals surface area contributed by atoms with E-state index in [0.29, 0.717) is 5.56 Å². The Morgan fingerprint density at radius 1 is 1.00 bits per heavy atom. The van der Waals surface area contributed by atoms with Crippen molar-refractivity contribution in [3.05, 3.63) is 23.9 Å². The molecule has 0 atom stereocenters. The molecule has 5 nitrogen and oxygen atoms in total. The molecule has 0 aromatic carbocycles. The smallest absolute Gasteiger partial charge is 0.255 e. The van der Waals surface area contributed by atoms with Crippen LogP contribution in [0.1, 0.15) is 36.0 Å². The maximum Gasteiger partial charge on any atom is 0.255 e. The number of carbonyl (C=O) groups is 1. The van der Waals surface area contributed by atoms with Gasteiger partial charge in [-0.05, 0) is 25.0 Å². The van der Waals surface area contributed by atoms with E-state index < -0.39 is 0 Å². The van der Waals surface area contributed by atoms with Crippen LogP contribution in [0, 0.1) is 0 Å². The van der Waals surface area contributed by atoms with Crippen molar-refractivity contribution < 1.29 is 9.53 Å². The number of pyridine rings is 1. The number of rotatable bonds is 2. The molecule has 114 valence electrons. The van der Waals surface area contributed by atoms with E-state index in [1.165, 1.54) is 12.8 Å². The van der Waals surface area contributed by atoms with Gasteiger partial charge in [0.15, 0.2) is 0 Å². The Morgan fingerprint density at radius 2 is 1.71 bits per heavy atom. The highest BCUT2D eigenvalue weighted by Crippen LogP contribution is 2.16.